The van der Waals surface area contributed by atoms with Crippen LogP contribution in [0.1, 0.15) is 51.9 Å². The van der Waals surface area contributed by atoms with Gasteiger partial charge in [-0.15, -0.1) is 0 Å². The van der Waals surface area contributed by atoms with E-state index in [9.17, 15) is 14.7 Å². The Hall–Kier alpha value is -0.910. The zero-order valence-electron chi connectivity index (χ0n) is 12.9. The highest BCUT2D eigenvalue weighted by molar-refractivity contribution is 8.00. The van der Waals surface area contributed by atoms with Gasteiger partial charge < -0.3 is 15.7 Å². The zero-order chi connectivity index (χ0) is 15.5. The molecule has 2 rings (SSSR count). The fourth-order valence-electron chi connectivity index (χ4n) is 3.58. The van der Waals surface area contributed by atoms with Crippen molar-refractivity contribution >= 4 is 23.8 Å². The maximum atomic E-state index is 12.1. The summed E-state index contributed by atoms with van der Waals surface area (Å²) in [6.45, 7) is 2.39. The normalized spacial score (nSPS) is 31.0. The molecular formula is C15H26N2O3S. The fourth-order valence-corrected chi connectivity index (χ4v) is 4.49. The number of amides is 2. The van der Waals surface area contributed by atoms with E-state index in [0.717, 1.165) is 25.7 Å². The molecule has 3 N–H and O–H groups in total. The topological polar surface area (TPSA) is 78.4 Å². The lowest BCUT2D eigenvalue weighted by Crippen LogP contribution is -2.52. The molecule has 0 aromatic carbocycles. The SMILES string of the molecule is CSC1(CNC(=O)NC2CCCC2(C)C(=O)O)CCCC1. The van der Waals surface area contributed by atoms with Crippen LogP contribution >= 0.6 is 11.8 Å². The van der Waals surface area contributed by atoms with E-state index in [0.29, 0.717) is 13.0 Å². The summed E-state index contributed by atoms with van der Waals surface area (Å²) in [5.41, 5.74) is -0.831. The highest BCUT2D eigenvalue weighted by atomic mass is 32.2. The number of rotatable bonds is 5. The average Bonchev–Trinajstić information content (AvgIpc) is 3.06. The van der Waals surface area contributed by atoms with E-state index in [-0.39, 0.29) is 16.8 Å². The first kappa shape index (κ1) is 16.5. The van der Waals surface area contributed by atoms with E-state index < -0.39 is 11.4 Å². The van der Waals surface area contributed by atoms with E-state index in [1.165, 1.54) is 12.8 Å². The summed E-state index contributed by atoms with van der Waals surface area (Å²) < 4.78 is 0.170. The molecule has 0 bridgehead atoms. The monoisotopic (exact) mass is 314 g/mol. The van der Waals surface area contributed by atoms with Gasteiger partial charge in [0.05, 0.1) is 5.41 Å². The van der Waals surface area contributed by atoms with Gasteiger partial charge in [-0.2, -0.15) is 11.8 Å². The maximum absolute atomic E-state index is 12.1. The standard InChI is InChI=1S/C15H26N2O3S/c1-14(12(18)19)7-5-6-11(14)17-13(20)16-10-15(21-2)8-3-4-9-15/h11H,3-10H2,1-2H3,(H,18,19)(H2,16,17,20). The van der Waals surface area contributed by atoms with Crippen molar-refractivity contribution < 1.29 is 14.7 Å². The minimum absolute atomic E-state index is 0.170. The zero-order valence-corrected chi connectivity index (χ0v) is 13.7. The molecule has 0 aromatic rings. The fraction of sp³-hybridized carbons (Fsp3) is 0.867. The van der Waals surface area contributed by atoms with E-state index in [1.54, 1.807) is 6.92 Å². The van der Waals surface area contributed by atoms with Crippen LogP contribution in [0.25, 0.3) is 0 Å². The van der Waals surface area contributed by atoms with Crippen LogP contribution in [0.4, 0.5) is 4.79 Å². The van der Waals surface area contributed by atoms with Crippen LogP contribution in [0.5, 0.6) is 0 Å². The molecule has 21 heavy (non-hydrogen) atoms. The number of carbonyl (C=O) groups is 2. The minimum atomic E-state index is -0.831. The second-order valence-corrected chi connectivity index (χ2v) is 7.86. The molecule has 6 heteroatoms. The molecule has 2 aliphatic rings. The quantitative estimate of drug-likeness (QED) is 0.729. The number of carboxylic acids is 1. The molecule has 0 spiro atoms. The molecule has 2 atom stereocenters. The third-order valence-corrected chi connectivity index (χ3v) is 6.69. The van der Waals surface area contributed by atoms with Crippen molar-refractivity contribution in [1.82, 2.24) is 10.6 Å². The Kier molecular flexibility index (Phi) is 5.07. The average molecular weight is 314 g/mol. The van der Waals surface area contributed by atoms with Crippen molar-refractivity contribution in [2.24, 2.45) is 5.41 Å². The number of carboxylic acid groups (broad SMARTS) is 1. The largest absolute Gasteiger partial charge is 0.481 e. The summed E-state index contributed by atoms with van der Waals surface area (Å²) in [6.07, 6.45) is 9.06. The van der Waals surface area contributed by atoms with E-state index in [4.69, 9.17) is 0 Å². The van der Waals surface area contributed by atoms with Crippen molar-refractivity contribution in [2.45, 2.75) is 62.7 Å². The Bertz CT molecular complexity index is 410. The van der Waals surface area contributed by atoms with Gasteiger partial charge in [0.1, 0.15) is 0 Å². The van der Waals surface area contributed by atoms with Gasteiger partial charge in [0.2, 0.25) is 0 Å². The molecule has 2 aliphatic carbocycles. The lowest BCUT2D eigenvalue weighted by atomic mass is 9.85. The van der Waals surface area contributed by atoms with Crippen LogP contribution in [-0.4, -0.2) is 40.7 Å². The number of urea groups is 1. The molecule has 0 aliphatic heterocycles. The molecule has 0 saturated heterocycles. The van der Waals surface area contributed by atoms with Crippen LogP contribution in [0.3, 0.4) is 0 Å². The predicted molar refractivity (Wildman–Crippen MR) is 84.6 cm³/mol. The molecule has 5 nitrogen and oxygen atoms in total. The van der Waals surface area contributed by atoms with Crippen molar-refractivity contribution in [1.29, 1.82) is 0 Å². The lowest BCUT2D eigenvalue weighted by Gasteiger charge is -2.30. The summed E-state index contributed by atoms with van der Waals surface area (Å²) in [5.74, 6) is -0.818. The van der Waals surface area contributed by atoms with Crippen molar-refractivity contribution in [2.75, 3.05) is 12.8 Å². The summed E-state index contributed by atoms with van der Waals surface area (Å²) in [4.78, 5) is 23.5. The second kappa shape index (κ2) is 6.46. The third-order valence-electron chi connectivity index (χ3n) is 5.27. The van der Waals surface area contributed by atoms with E-state index in [2.05, 4.69) is 16.9 Å². The molecule has 2 unspecified atom stereocenters. The molecule has 2 amide bonds. The van der Waals surface area contributed by atoms with E-state index >= 15 is 0 Å². The van der Waals surface area contributed by atoms with Gasteiger partial charge in [0.15, 0.2) is 0 Å². The van der Waals surface area contributed by atoms with Crippen LogP contribution in [0.2, 0.25) is 0 Å². The number of nitrogens with one attached hydrogen (secondary N) is 2. The second-order valence-electron chi connectivity index (χ2n) is 6.59. The number of hydrogen-bond acceptors (Lipinski definition) is 3. The summed E-state index contributed by atoms with van der Waals surface area (Å²) in [7, 11) is 0. The Balaban J connectivity index is 1.86. The molecule has 2 fully saturated rings. The van der Waals surface area contributed by atoms with Crippen molar-refractivity contribution in [3.63, 3.8) is 0 Å². The summed E-state index contributed by atoms with van der Waals surface area (Å²) in [6, 6.07) is -0.501. The maximum Gasteiger partial charge on any atom is 0.315 e. The minimum Gasteiger partial charge on any atom is -0.481 e. The molecule has 120 valence electrons. The Morgan fingerprint density at radius 1 is 1.24 bits per heavy atom. The Morgan fingerprint density at radius 2 is 1.90 bits per heavy atom. The van der Waals surface area contributed by atoms with Gasteiger partial charge in [-0.05, 0) is 38.9 Å². The van der Waals surface area contributed by atoms with Crippen LogP contribution in [0, 0.1) is 5.41 Å². The van der Waals surface area contributed by atoms with Gasteiger partial charge in [-0.3, -0.25) is 4.79 Å². The highest BCUT2D eigenvalue weighted by Gasteiger charge is 2.46. The smallest absolute Gasteiger partial charge is 0.315 e. The number of carbonyl (C=O) groups excluding carboxylic acids is 1. The molecule has 0 heterocycles. The number of hydrogen-bond donors (Lipinski definition) is 3. The van der Waals surface area contributed by atoms with E-state index in [1.807, 2.05) is 11.8 Å². The Labute approximate surface area is 130 Å². The first-order valence-corrected chi connectivity index (χ1v) is 8.97. The molecule has 0 radical (unpaired) electrons. The number of aliphatic carboxylic acids is 1. The predicted octanol–water partition coefficient (Wildman–Crippen LogP) is 2.60. The molecular weight excluding hydrogens is 288 g/mol. The van der Waals surface area contributed by atoms with Crippen molar-refractivity contribution in [3.05, 3.63) is 0 Å². The first-order chi connectivity index (χ1) is 9.92. The van der Waals surface area contributed by atoms with Gasteiger partial charge in [-0.25, -0.2) is 4.79 Å². The lowest BCUT2D eigenvalue weighted by molar-refractivity contribution is -0.148. The molecule has 2 saturated carbocycles. The van der Waals surface area contributed by atoms with Gasteiger partial charge in [-0.1, -0.05) is 19.3 Å². The van der Waals surface area contributed by atoms with Crippen molar-refractivity contribution in [3.8, 4) is 0 Å². The van der Waals surface area contributed by atoms with Gasteiger partial charge in [0, 0.05) is 17.3 Å². The third kappa shape index (κ3) is 3.47. The first-order valence-electron chi connectivity index (χ1n) is 7.75. The van der Waals surface area contributed by atoms with Crippen LogP contribution in [0.15, 0.2) is 0 Å². The highest BCUT2D eigenvalue weighted by Crippen LogP contribution is 2.40. The molecule has 0 aromatic heterocycles. The van der Waals surface area contributed by atoms with Gasteiger partial charge >= 0.3 is 12.0 Å². The van der Waals surface area contributed by atoms with Crippen LogP contribution < -0.4 is 10.6 Å². The van der Waals surface area contributed by atoms with Crippen LogP contribution in [-0.2, 0) is 4.79 Å². The Morgan fingerprint density at radius 3 is 2.48 bits per heavy atom. The number of thioether (sulfide) groups is 1. The summed E-state index contributed by atoms with van der Waals surface area (Å²) in [5, 5.41) is 15.2. The summed E-state index contributed by atoms with van der Waals surface area (Å²) >= 11 is 1.83. The van der Waals surface area contributed by atoms with Gasteiger partial charge in [0.25, 0.3) is 0 Å².